The zero-order valence-electron chi connectivity index (χ0n) is 11.8. The Bertz CT molecular complexity index is 567. The van der Waals surface area contributed by atoms with Gasteiger partial charge in [-0.2, -0.15) is 13.2 Å². The van der Waals surface area contributed by atoms with Gasteiger partial charge in [0.15, 0.2) is 0 Å². The van der Waals surface area contributed by atoms with Crippen LogP contribution in [0.4, 0.5) is 18.9 Å². The molecular formula is C16H18F3NO. The zero-order valence-corrected chi connectivity index (χ0v) is 11.8. The van der Waals surface area contributed by atoms with Crippen molar-refractivity contribution in [1.82, 2.24) is 0 Å². The number of alkyl halides is 3. The third kappa shape index (κ3) is 2.54. The van der Waals surface area contributed by atoms with Crippen LogP contribution >= 0.6 is 0 Å². The number of fused-ring (bicyclic) bond motifs is 1. The predicted octanol–water partition coefficient (Wildman–Crippen LogP) is 4.57. The van der Waals surface area contributed by atoms with Crippen molar-refractivity contribution in [3.8, 4) is 0 Å². The van der Waals surface area contributed by atoms with E-state index in [1.807, 2.05) is 0 Å². The molecule has 3 unspecified atom stereocenters. The van der Waals surface area contributed by atoms with Crippen molar-refractivity contribution in [2.75, 3.05) is 5.32 Å². The summed E-state index contributed by atoms with van der Waals surface area (Å²) in [5, 5.41) is 2.48. The molecule has 3 rings (SSSR count). The summed E-state index contributed by atoms with van der Waals surface area (Å²) < 4.78 is 39.2. The SMILES string of the molecule is CC1CCCC(C2C(=O)Nc3c2cccc3C(F)(F)F)C1. The Morgan fingerprint density at radius 2 is 2.00 bits per heavy atom. The lowest BCUT2D eigenvalue weighted by atomic mass is 9.73. The summed E-state index contributed by atoms with van der Waals surface area (Å²) in [7, 11) is 0. The van der Waals surface area contributed by atoms with Gasteiger partial charge in [0, 0.05) is 0 Å². The molecule has 5 heteroatoms. The summed E-state index contributed by atoms with van der Waals surface area (Å²) in [5.41, 5.74) is -0.244. The molecule has 21 heavy (non-hydrogen) atoms. The molecule has 1 fully saturated rings. The van der Waals surface area contributed by atoms with Gasteiger partial charge in [-0.05, 0) is 36.3 Å². The van der Waals surface area contributed by atoms with Crippen molar-refractivity contribution in [2.45, 2.75) is 44.7 Å². The second kappa shape index (κ2) is 5.04. The molecule has 0 spiro atoms. The molecule has 0 saturated heterocycles. The van der Waals surface area contributed by atoms with Crippen LogP contribution in [0.2, 0.25) is 0 Å². The molecule has 2 nitrogen and oxygen atoms in total. The van der Waals surface area contributed by atoms with Crippen LogP contribution in [0.15, 0.2) is 18.2 Å². The second-order valence-electron chi connectivity index (χ2n) is 6.27. The maximum atomic E-state index is 13.1. The first-order valence-corrected chi connectivity index (χ1v) is 7.39. The van der Waals surface area contributed by atoms with Crippen LogP contribution in [-0.2, 0) is 11.0 Å². The van der Waals surface area contributed by atoms with Crippen LogP contribution in [0.1, 0.15) is 49.7 Å². The summed E-state index contributed by atoms with van der Waals surface area (Å²) in [6, 6.07) is 4.10. The highest BCUT2D eigenvalue weighted by Gasteiger charge is 2.43. The maximum Gasteiger partial charge on any atom is 0.418 e. The van der Waals surface area contributed by atoms with Gasteiger partial charge in [-0.15, -0.1) is 0 Å². The third-order valence-electron chi connectivity index (χ3n) is 4.72. The highest BCUT2D eigenvalue weighted by Crippen LogP contribution is 2.48. The number of hydrogen-bond acceptors (Lipinski definition) is 1. The lowest BCUT2D eigenvalue weighted by Gasteiger charge is -2.30. The summed E-state index contributed by atoms with van der Waals surface area (Å²) in [6.45, 7) is 2.14. The Morgan fingerprint density at radius 3 is 2.67 bits per heavy atom. The van der Waals surface area contributed by atoms with Crippen LogP contribution in [-0.4, -0.2) is 5.91 Å². The lowest BCUT2D eigenvalue weighted by Crippen LogP contribution is -2.25. The lowest BCUT2D eigenvalue weighted by molar-refractivity contribution is -0.136. The summed E-state index contributed by atoms with van der Waals surface area (Å²) in [6.07, 6.45) is -0.427. The van der Waals surface area contributed by atoms with E-state index in [9.17, 15) is 18.0 Å². The van der Waals surface area contributed by atoms with Crippen molar-refractivity contribution < 1.29 is 18.0 Å². The Hall–Kier alpha value is -1.52. The topological polar surface area (TPSA) is 29.1 Å². The van der Waals surface area contributed by atoms with Crippen LogP contribution in [0.25, 0.3) is 0 Å². The largest absolute Gasteiger partial charge is 0.418 e. The third-order valence-corrected chi connectivity index (χ3v) is 4.72. The number of rotatable bonds is 1. The molecule has 1 heterocycles. The number of para-hydroxylation sites is 1. The molecule has 0 radical (unpaired) electrons. The van der Waals surface area contributed by atoms with E-state index >= 15 is 0 Å². The molecule has 1 aromatic rings. The fraction of sp³-hybridized carbons (Fsp3) is 0.562. The van der Waals surface area contributed by atoms with Gasteiger partial charge in [0.1, 0.15) is 0 Å². The van der Waals surface area contributed by atoms with Gasteiger partial charge in [-0.25, -0.2) is 0 Å². The standard InChI is InChI=1S/C16H18F3NO/c1-9-4-2-5-10(8-9)13-11-6-3-7-12(16(17,18)19)14(11)20-15(13)21/h3,6-7,9-10,13H,2,4-5,8H2,1H3,(H,20,21). The highest BCUT2D eigenvalue weighted by molar-refractivity contribution is 6.04. The van der Waals surface area contributed by atoms with Crippen LogP contribution in [0, 0.1) is 11.8 Å². The Morgan fingerprint density at radius 1 is 1.24 bits per heavy atom. The Labute approximate surface area is 121 Å². The van der Waals surface area contributed by atoms with Gasteiger partial charge in [0.2, 0.25) is 5.91 Å². The van der Waals surface area contributed by atoms with E-state index in [-0.39, 0.29) is 17.5 Å². The molecule has 1 aliphatic carbocycles. The maximum absolute atomic E-state index is 13.1. The molecule has 2 aliphatic rings. The molecular weight excluding hydrogens is 279 g/mol. The van der Waals surface area contributed by atoms with Gasteiger partial charge < -0.3 is 5.32 Å². The van der Waals surface area contributed by atoms with E-state index in [0.29, 0.717) is 11.5 Å². The van der Waals surface area contributed by atoms with Crippen molar-refractivity contribution in [3.05, 3.63) is 29.3 Å². The molecule has 0 bridgehead atoms. The van der Waals surface area contributed by atoms with Gasteiger partial charge in [-0.1, -0.05) is 31.9 Å². The minimum Gasteiger partial charge on any atom is -0.325 e. The monoisotopic (exact) mass is 297 g/mol. The average Bonchev–Trinajstić information content (AvgIpc) is 2.73. The summed E-state index contributed by atoms with van der Waals surface area (Å²) in [4.78, 5) is 12.2. The number of halogens is 3. The van der Waals surface area contributed by atoms with E-state index in [0.717, 1.165) is 31.7 Å². The molecule has 114 valence electrons. The molecule has 3 atom stereocenters. The first kappa shape index (κ1) is 14.4. The number of anilines is 1. The number of hydrogen-bond donors (Lipinski definition) is 1. The highest BCUT2D eigenvalue weighted by atomic mass is 19.4. The van der Waals surface area contributed by atoms with E-state index in [1.165, 1.54) is 6.07 Å². The first-order chi connectivity index (χ1) is 9.88. The van der Waals surface area contributed by atoms with Gasteiger partial charge in [0.05, 0.1) is 17.2 Å². The zero-order chi connectivity index (χ0) is 15.2. The number of carbonyl (C=O) groups excluding carboxylic acids is 1. The Balaban J connectivity index is 1.99. The Kier molecular flexibility index (Phi) is 3.46. The number of amides is 1. The van der Waals surface area contributed by atoms with Crippen LogP contribution in [0.5, 0.6) is 0 Å². The van der Waals surface area contributed by atoms with Gasteiger partial charge in [-0.3, -0.25) is 4.79 Å². The molecule has 1 aliphatic heterocycles. The number of benzene rings is 1. The second-order valence-corrected chi connectivity index (χ2v) is 6.27. The van der Waals surface area contributed by atoms with Crippen molar-refractivity contribution in [1.29, 1.82) is 0 Å². The number of nitrogens with one attached hydrogen (secondary N) is 1. The minimum atomic E-state index is -4.44. The summed E-state index contributed by atoms with van der Waals surface area (Å²) in [5.74, 6) is -0.0178. The fourth-order valence-electron chi connectivity index (χ4n) is 3.80. The van der Waals surface area contributed by atoms with E-state index in [2.05, 4.69) is 12.2 Å². The predicted molar refractivity (Wildman–Crippen MR) is 73.9 cm³/mol. The number of carbonyl (C=O) groups is 1. The van der Waals surface area contributed by atoms with Gasteiger partial charge in [0.25, 0.3) is 0 Å². The fourth-order valence-corrected chi connectivity index (χ4v) is 3.80. The van der Waals surface area contributed by atoms with Crippen molar-refractivity contribution in [3.63, 3.8) is 0 Å². The first-order valence-electron chi connectivity index (χ1n) is 7.39. The van der Waals surface area contributed by atoms with Crippen LogP contribution in [0.3, 0.4) is 0 Å². The normalized spacial score (nSPS) is 29.1. The molecule has 1 N–H and O–H groups in total. The smallest absolute Gasteiger partial charge is 0.325 e. The summed E-state index contributed by atoms with van der Waals surface area (Å²) >= 11 is 0. The molecule has 0 aromatic heterocycles. The van der Waals surface area contributed by atoms with Crippen molar-refractivity contribution in [2.24, 2.45) is 11.8 Å². The van der Waals surface area contributed by atoms with Crippen LogP contribution < -0.4 is 5.32 Å². The molecule has 1 aromatic carbocycles. The van der Waals surface area contributed by atoms with E-state index in [1.54, 1.807) is 6.07 Å². The van der Waals surface area contributed by atoms with Crippen molar-refractivity contribution >= 4 is 11.6 Å². The van der Waals surface area contributed by atoms with E-state index < -0.39 is 17.7 Å². The quantitative estimate of drug-likeness (QED) is 0.808. The minimum absolute atomic E-state index is 0.0294. The van der Waals surface area contributed by atoms with Gasteiger partial charge >= 0.3 is 6.18 Å². The average molecular weight is 297 g/mol. The molecule has 1 saturated carbocycles. The van der Waals surface area contributed by atoms with E-state index in [4.69, 9.17) is 0 Å². The molecule has 1 amide bonds.